The van der Waals surface area contributed by atoms with Gasteiger partial charge in [-0.2, -0.15) is 0 Å². The van der Waals surface area contributed by atoms with Crippen LogP contribution < -0.4 is 5.32 Å². The minimum Gasteiger partial charge on any atom is -0.392 e. The molecule has 98 valence electrons. The lowest BCUT2D eigenvalue weighted by Crippen LogP contribution is -2.53. The summed E-state index contributed by atoms with van der Waals surface area (Å²) < 4.78 is 0. The van der Waals surface area contributed by atoms with Crippen LogP contribution in [0.3, 0.4) is 0 Å². The average molecular weight is 269 g/mol. The Morgan fingerprint density at radius 3 is 2.94 bits per heavy atom. The summed E-state index contributed by atoms with van der Waals surface area (Å²) in [4.78, 5) is 13.4. The molecule has 2 rings (SSSR count). The normalized spacial score (nSPS) is 17.2. The highest BCUT2D eigenvalue weighted by Gasteiger charge is 2.31. The number of amides is 2. The number of aliphatic hydroxyl groups excluding tert-OH is 1. The number of hydrogen-bond donors (Lipinski definition) is 2. The van der Waals surface area contributed by atoms with Crippen molar-refractivity contribution in [3.8, 4) is 0 Å². The SMILES string of the molecule is CC(O)CNC(=O)N1CC(c2cccc(Cl)c2)C1. The number of aliphatic hydroxyl groups is 1. The van der Waals surface area contributed by atoms with Crippen LogP contribution in [0.15, 0.2) is 24.3 Å². The lowest BCUT2D eigenvalue weighted by molar-refractivity contribution is 0.141. The lowest BCUT2D eigenvalue weighted by Gasteiger charge is -2.39. The molecule has 1 aliphatic rings. The van der Waals surface area contributed by atoms with Gasteiger partial charge in [-0.1, -0.05) is 23.7 Å². The Hall–Kier alpha value is -1.26. The fourth-order valence-electron chi connectivity index (χ4n) is 1.96. The van der Waals surface area contributed by atoms with Gasteiger partial charge in [0.25, 0.3) is 0 Å². The van der Waals surface area contributed by atoms with Crippen molar-refractivity contribution in [2.75, 3.05) is 19.6 Å². The third kappa shape index (κ3) is 3.15. The number of halogens is 1. The summed E-state index contributed by atoms with van der Waals surface area (Å²) in [6.45, 7) is 3.33. The van der Waals surface area contributed by atoms with Crippen molar-refractivity contribution >= 4 is 17.6 Å². The molecule has 0 spiro atoms. The van der Waals surface area contributed by atoms with Crippen LogP contribution in [0.2, 0.25) is 5.02 Å². The summed E-state index contributed by atoms with van der Waals surface area (Å²) in [5.41, 5.74) is 1.17. The maximum Gasteiger partial charge on any atom is 0.317 e. The van der Waals surface area contributed by atoms with Gasteiger partial charge in [0.15, 0.2) is 0 Å². The summed E-state index contributed by atoms with van der Waals surface area (Å²) >= 11 is 5.93. The van der Waals surface area contributed by atoms with Crippen LogP contribution in [0.5, 0.6) is 0 Å². The van der Waals surface area contributed by atoms with Crippen LogP contribution >= 0.6 is 11.6 Å². The highest BCUT2D eigenvalue weighted by molar-refractivity contribution is 6.30. The van der Waals surface area contributed by atoms with E-state index in [0.717, 1.165) is 5.02 Å². The van der Waals surface area contributed by atoms with Crippen LogP contribution in [-0.4, -0.2) is 41.8 Å². The molecule has 1 fully saturated rings. The maximum absolute atomic E-state index is 11.7. The molecule has 1 saturated heterocycles. The van der Waals surface area contributed by atoms with Gasteiger partial charge in [-0.05, 0) is 24.6 Å². The Morgan fingerprint density at radius 1 is 1.61 bits per heavy atom. The van der Waals surface area contributed by atoms with Crippen molar-refractivity contribution in [3.63, 3.8) is 0 Å². The molecule has 0 aliphatic carbocycles. The summed E-state index contributed by atoms with van der Waals surface area (Å²) in [7, 11) is 0. The standard InChI is InChI=1S/C13H17ClN2O2/c1-9(17)6-15-13(18)16-7-11(8-16)10-3-2-4-12(14)5-10/h2-5,9,11,17H,6-8H2,1H3,(H,15,18). The molecule has 0 saturated carbocycles. The monoisotopic (exact) mass is 268 g/mol. The van der Waals surface area contributed by atoms with Crippen molar-refractivity contribution < 1.29 is 9.90 Å². The first-order valence-electron chi connectivity index (χ1n) is 6.02. The average Bonchev–Trinajstić information content (AvgIpc) is 2.24. The minimum atomic E-state index is -0.515. The van der Waals surface area contributed by atoms with Crippen molar-refractivity contribution in [1.29, 1.82) is 0 Å². The van der Waals surface area contributed by atoms with Crippen molar-refractivity contribution in [1.82, 2.24) is 10.2 Å². The number of carbonyl (C=O) groups is 1. The highest BCUT2D eigenvalue weighted by atomic mass is 35.5. The van der Waals surface area contributed by atoms with Crippen LogP contribution in [0.4, 0.5) is 4.79 Å². The fraction of sp³-hybridized carbons (Fsp3) is 0.462. The molecule has 1 unspecified atom stereocenters. The number of rotatable bonds is 3. The van der Waals surface area contributed by atoms with Gasteiger partial charge < -0.3 is 15.3 Å². The number of likely N-dealkylation sites (tertiary alicyclic amines) is 1. The number of carbonyl (C=O) groups excluding carboxylic acids is 1. The Kier molecular flexibility index (Phi) is 4.09. The second-order valence-electron chi connectivity index (χ2n) is 4.69. The first-order valence-corrected chi connectivity index (χ1v) is 6.40. The number of hydrogen-bond acceptors (Lipinski definition) is 2. The predicted molar refractivity (Wildman–Crippen MR) is 70.8 cm³/mol. The van der Waals surface area contributed by atoms with Crippen molar-refractivity contribution in [2.45, 2.75) is 18.9 Å². The summed E-state index contributed by atoms with van der Waals surface area (Å²) in [5.74, 6) is 0.362. The number of nitrogens with one attached hydrogen (secondary N) is 1. The molecule has 5 heteroatoms. The van der Waals surface area contributed by atoms with Crippen LogP contribution in [0, 0.1) is 0 Å². The lowest BCUT2D eigenvalue weighted by atomic mass is 9.92. The number of urea groups is 1. The molecule has 18 heavy (non-hydrogen) atoms. The van der Waals surface area contributed by atoms with E-state index in [1.54, 1.807) is 11.8 Å². The van der Waals surface area contributed by atoms with E-state index in [4.69, 9.17) is 16.7 Å². The second-order valence-corrected chi connectivity index (χ2v) is 5.13. The summed E-state index contributed by atoms with van der Waals surface area (Å²) in [6.07, 6.45) is -0.515. The zero-order valence-corrected chi connectivity index (χ0v) is 11.0. The van der Waals surface area contributed by atoms with E-state index in [0.29, 0.717) is 19.0 Å². The Bertz CT molecular complexity index is 431. The number of benzene rings is 1. The zero-order chi connectivity index (χ0) is 13.1. The third-order valence-corrected chi connectivity index (χ3v) is 3.27. The van der Waals surface area contributed by atoms with Crippen LogP contribution in [-0.2, 0) is 0 Å². The first-order chi connectivity index (χ1) is 8.56. The van der Waals surface area contributed by atoms with E-state index in [2.05, 4.69) is 5.32 Å². The molecule has 1 aliphatic heterocycles. The Labute approximate surface area is 112 Å². The topological polar surface area (TPSA) is 52.6 Å². The number of nitrogens with zero attached hydrogens (tertiary/aromatic N) is 1. The van der Waals surface area contributed by atoms with Gasteiger partial charge >= 0.3 is 6.03 Å². The molecular weight excluding hydrogens is 252 g/mol. The minimum absolute atomic E-state index is 0.117. The van der Waals surface area contributed by atoms with Gasteiger partial charge in [0, 0.05) is 30.6 Å². The molecular formula is C13H17ClN2O2. The van der Waals surface area contributed by atoms with E-state index in [-0.39, 0.29) is 12.6 Å². The molecule has 2 N–H and O–H groups in total. The maximum atomic E-state index is 11.7. The van der Waals surface area contributed by atoms with Crippen LogP contribution in [0.1, 0.15) is 18.4 Å². The van der Waals surface area contributed by atoms with Crippen molar-refractivity contribution in [2.24, 2.45) is 0 Å². The molecule has 0 bridgehead atoms. The fourth-order valence-corrected chi connectivity index (χ4v) is 2.16. The molecule has 2 amide bonds. The van der Waals surface area contributed by atoms with Gasteiger partial charge in [-0.25, -0.2) is 4.79 Å². The third-order valence-electron chi connectivity index (χ3n) is 3.04. The molecule has 1 heterocycles. The van der Waals surface area contributed by atoms with Gasteiger partial charge in [0.05, 0.1) is 6.10 Å². The Morgan fingerprint density at radius 2 is 2.33 bits per heavy atom. The summed E-state index contributed by atoms with van der Waals surface area (Å²) in [6, 6.07) is 7.62. The molecule has 1 atom stereocenters. The predicted octanol–water partition coefficient (Wildman–Crippen LogP) is 1.83. The van der Waals surface area contributed by atoms with E-state index in [9.17, 15) is 4.79 Å². The summed E-state index contributed by atoms with van der Waals surface area (Å²) in [5, 5.41) is 12.5. The van der Waals surface area contributed by atoms with E-state index >= 15 is 0 Å². The second kappa shape index (κ2) is 5.59. The van der Waals surface area contributed by atoms with Gasteiger partial charge in [-0.3, -0.25) is 0 Å². The molecule has 0 radical (unpaired) electrons. The van der Waals surface area contributed by atoms with Crippen LogP contribution in [0.25, 0.3) is 0 Å². The molecule has 1 aromatic carbocycles. The van der Waals surface area contributed by atoms with Crippen molar-refractivity contribution in [3.05, 3.63) is 34.9 Å². The van der Waals surface area contributed by atoms with E-state index in [1.807, 2.05) is 24.3 Å². The smallest absolute Gasteiger partial charge is 0.317 e. The van der Waals surface area contributed by atoms with E-state index in [1.165, 1.54) is 5.56 Å². The largest absolute Gasteiger partial charge is 0.392 e. The Balaban J connectivity index is 1.81. The van der Waals surface area contributed by atoms with Gasteiger partial charge in [-0.15, -0.1) is 0 Å². The van der Waals surface area contributed by atoms with E-state index < -0.39 is 6.10 Å². The molecule has 0 aromatic heterocycles. The van der Waals surface area contributed by atoms with Gasteiger partial charge in [0.2, 0.25) is 0 Å². The molecule has 4 nitrogen and oxygen atoms in total. The van der Waals surface area contributed by atoms with Gasteiger partial charge in [0.1, 0.15) is 0 Å². The highest BCUT2D eigenvalue weighted by Crippen LogP contribution is 2.28. The quantitative estimate of drug-likeness (QED) is 0.879. The molecule has 1 aromatic rings. The first kappa shape index (κ1) is 13.2. The zero-order valence-electron chi connectivity index (χ0n) is 10.3.